The zero-order valence-corrected chi connectivity index (χ0v) is 23.1. The first-order chi connectivity index (χ1) is 16.6. The van der Waals surface area contributed by atoms with Crippen LogP contribution in [-0.2, 0) is 9.59 Å². The summed E-state index contributed by atoms with van der Waals surface area (Å²) in [6.45, 7) is 21.1. The van der Waals surface area contributed by atoms with Crippen molar-refractivity contribution < 1.29 is 24.9 Å². The minimum atomic E-state index is -0.845. The molecule has 0 amide bonds. The van der Waals surface area contributed by atoms with Crippen LogP contribution in [0.1, 0.15) is 86.5 Å². The van der Waals surface area contributed by atoms with Crippen molar-refractivity contribution >= 4 is 11.9 Å². The van der Waals surface area contributed by atoms with Crippen molar-refractivity contribution in [1.29, 1.82) is 0 Å². The van der Waals surface area contributed by atoms with Gasteiger partial charge >= 0.3 is 11.9 Å². The van der Waals surface area contributed by atoms with Crippen molar-refractivity contribution in [3.05, 3.63) is 47.6 Å². The molecule has 0 aromatic heterocycles. The zero-order chi connectivity index (χ0) is 27.2. The number of carbonyl (C=O) groups is 2. The molecule has 0 bridgehead atoms. The number of aliphatic hydroxyl groups excluding tert-OH is 1. The number of rotatable bonds is 10. The van der Waals surface area contributed by atoms with Gasteiger partial charge in [-0.3, -0.25) is 9.59 Å². The smallest absolute Gasteiger partial charge is 0.306 e. The molecule has 5 heteroatoms. The Morgan fingerprint density at radius 2 is 1.72 bits per heavy atom. The highest BCUT2D eigenvalue weighted by molar-refractivity contribution is 5.71. The average molecular weight is 499 g/mol. The molecule has 3 rings (SSSR count). The predicted octanol–water partition coefficient (Wildman–Crippen LogP) is 6.80. The van der Waals surface area contributed by atoms with Gasteiger partial charge < -0.3 is 15.3 Å². The second kappa shape index (κ2) is 9.96. The van der Waals surface area contributed by atoms with E-state index in [1.165, 1.54) is 11.1 Å². The molecule has 0 radical (unpaired) electrons. The second-order valence-electron chi connectivity index (χ2n) is 12.7. The normalized spacial score (nSPS) is 36.4. The summed E-state index contributed by atoms with van der Waals surface area (Å²) in [6.07, 6.45) is 7.48. The minimum absolute atomic E-state index is 0.0883. The van der Waals surface area contributed by atoms with Gasteiger partial charge in [0, 0.05) is 17.8 Å². The highest BCUT2D eigenvalue weighted by Crippen LogP contribution is 2.70. The highest BCUT2D eigenvalue weighted by atomic mass is 16.4. The van der Waals surface area contributed by atoms with Crippen LogP contribution in [0, 0.1) is 39.9 Å². The largest absolute Gasteiger partial charge is 0.481 e. The minimum Gasteiger partial charge on any atom is -0.481 e. The summed E-state index contributed by atoms with van der Waals surface area (Å²) in [5, 5.41) is 31.2. The number of allylic oxidation sites excluding steroid dienone is 6. The van der Waals surface area contributed by atoms with Gasteiger partial charge in [-0.2, -0.15) is 0 Å². The van der Waals surface area contributed by atoms with Gasteiger partial charge in [0.2, 0.25) is 0 Å². The fourth-order valence-corrected chi connectivity index (χ4v) is 7.85. The Labute approximate surface area is 217 Å². The van der Waals surface area contributed by atoms with Crippen LogP contribution in [0.3, 0.4) is 0 Å². The molecule has 0 unspecified atom stereocenters. The SMILES string of the molecule is C=C(CC[C@H](C(=O)O)[C@H]1[C@H](O)C[C@@]2(C)C3=CC[C@@H](C(=C)C)[C@](C)(CCC(=O)O)C3=CC[C@]12C)C(C)C. The molecule has 0 aliphatic heterocycles. The summed E-state index contributed by atoms with van der Waals surface area (Å²) in [5.74, 6) is -2.22. The van der Waals surface area contributed by atoms with Crippen LogP contribution in [0.4, 0.5) is 0 Å². The maximum atomic E-state index is 12.6. The molecule has 7 atom stereocenters. The lowest BCUT2D eigenvalue weighted by Crippen LogP contribution is -2.48. The molecule has 3 aliphatic rings. The number of hydrogen-bond donors (Lipinski definition) is 3. The number of hydrogen-bond acceptors (Lipinski definition) is 3. The number of fused-ring (bicyclic) bond motifs is 3. The van der Waals surface area contributed by atoms with Crippen molar-refractivity contribution in [3.8, 4) is 0 Å². The van der Waals surface area contributed by atoms with E-state index in [-0.39, 0.29) is 23.7 Å². The number of carboxylic acid groups (broad SMARTS) is 2. The van der Waals surface area contributed by atoms with Crippen molar-refractivity contribution in [1.82, 2.24) is 0 Å². The quantitative estimate of drug-likeness (QED) is 0.288. The van der Waals surface area contributed by atoms with Crippen LogP contribution in [0.5, 0.6) is 0 Å². The van der Waals surface area contributed by atoms with E-state index in [1.54, 1.807) is 0 Å². The Bertz CT molecular complexity index is 1000. The van der Waals surface area contributed by atoms with E-state index in [9.17, 15) is 24.9 Å². The zero-order valence-electron chi connectivity index (χ0n) is 23.1. The van der Waals surface area contributed by atoms with Gasteiger partial charge in [0.1, 0.15) is 0 Å². The van der Waals surface area contributed by atoms with Crippen LogP contribution < -0.4 is 0 Å². The lowest BCUT2D eigenvalue weighted by atomic mass is 9.48. The van der Waals surface area contributed by atoms with E-state index in [2.05, 4.69) is 59.9 Å². The third-order valence-electron chi connectivity index (χ3n) is 10.4. The van der Waals surface area contributed by atoms with Gasteiger partial charge in [-0.05, 0) is 79.3 Å². The van der Waals surface area contributed by atoms with Crippen LogP contribution in [0.15, 0.2) is 47.6 Å². The summed E-state index contributed by atoms with van der Waals surface area (Å²) in [6, 6.07) is 0. The third kappa shape index (κ3) is 4.53. The first-order valence-electron chi connectivity index (χ1n) is 13.5. The van der Waals surface area contributed by atoms with Crippen molar-refractivity contribution in [2.24, 2.45) is 39.9 Å². The topological polar surface area (TPSA) is 94.8 Å². The fraction of sp³-hybridized carbons (Fsp3) is 0.677. The van der Waals surface area contributed by atoms with Gasteiger partial charge in [-0.1, -0.05) is 71.1 Å². The summed E-state index contributed by atoms with van der Waals surface area (Å²) >= 11 is 0. The standard InChI is InChI=1S/C31H46O5/c1-18(2)20(5)9-10-21(28(35)36)27-25(32)17-31(8)24-12-11-22(19(3)4)29(6,15-14-26(33)34)23(24)13-16-30(27,31)7/h12-13,18,21-22,25,27,32H,3,5,9-11,14-17H2,1-2,4,6-8H3,(H,33,34)(H,35,36)/t21-,22-,25+,27-,29-,30+,31-/m0/s1. The first kappa shape index (κ1) is 28.4. The molecule has 0 heterocycles. The summed E-state index contributed by atoms with van der Waals surface area (Å²) in [4.78, 5) is 24.1. The summed E-state index contributed by atoms with van der Waals surface area (Å²) in [5.41, 5.74) is 3.28. The Morgan fingerprint density at radius 3 is 2.25 bits per heavy atom. The van der Waals surface area contributed by atoms with Gasteiger partial charge in [0.05, 0.1) is 12.0 Å². The highest BCUT2D eigenvalue weighted by Gasteiger charge is 2.65. The van der Waals surface area contributed by atoms with Gasteiger partial charge in [0.15, 0.2) is 0 Å². The molecule has 0 aromatic rings. The number of aliphatic carboxylic acids is 2. The maximum Gasteiger partial charge on any atom is 0.306 e. The van der Waals surface area contributed by atoms with Crippen LogP contribution in [-0.4, -0.2) is 33.4 Å². The Kier molecular flexibility index (Phi) is 7.87. The molecular weight excluding hydrogens is 452 g/mol. The molecular formula is C31H46O5. The van der Waals surface area contributed by atoms with Gasteiger partial charge in [-0.15, -0.1) is 0 Å². The molecule has 0 saturated heterocycles. The second-order valence-corrected chi connectivity index (χ2v) is 12.7. The van der Waals surface area contributed by atoms with E-state index in [4.69, 9.17) is 0 Å². The molecule has 200 valence electrons. The van der Waals surface area contributed by atoms with E-state index in [0.29, 0.717) is 38.0 Å². The van der Waals surface area contributed by atoms with Gasteiger partial charge in [0.25, 0.3) is 0 Å². The molecule has 1 saturated carbocycles. The Morgan fingerprint density at radius 1 is 1.08 bits per heavy atom. The van der Waals surface area contributed by atoms with Crippen LogP contribution in [0.2, 0.25) is 0 Å². The molecule has 1 fully saturated rings. The Balaban J connectivity index is 2.05. The average Bonchev–Trinajstić information content (AvgIpc) is 2.98. The van der Waals surface area contributed by atoms with Gasteiger partial charge in [-0.25, -0.2) is 0 Å². The first-order valence-corrected chi connectivity index (χ1v) is 13.5. The summed E-state index contributed by atoms with van der Waals surface area (Å²) in [7, 11) is 0. The molecule has 0 aromatic carbocycles. The van der Waals surface area contributed by atoms with Crippen LogP contribution in [0.25, 0.3) is 0 Å². The molecule has 3 N–H and O–H groups in total. The maximum absolute atomic E-state index is 12.6. The predicted molar refractivity (Wildman–Crippen MR) is 143 cm³/mol. The molecule has 0 spiro atoms. The van der Waals surface area contributed by atoms with Crippen molar-refractivity contribution in [2.75, 3.05) is 0 Å². The third-order valence-corrected chi connectivity index (χ3v) is 10.4. The van der Waals surface area contributed by atoms with E-state index in [0.717, 1.165) is 17.6 Å². The Hall–Kier alpha value is -2.14. The lowest BCUT2D eigenvalue weighted by Gasteiger charge is -2.56. The fourth-order valence-electron chi connectivity index (χ4n) is 7.85. The molecule has 36 heavy (non-hydrogen) atoms. The molecule has 5 nitrogen and oxygen atoms in total. The van der Waals surface area contributed by atoms with Crippen molar-refractivity contribution in [3.63, 3.8) is 0 Å². The number of aliphatic hydroxyl groups is 1. The lowest BCUT2D eigenvalue weighted by molar-refractivity contribution is -0.148. The molecule has 3 aliphatic carbocycles. The monoisotopic (exact) mass is 498 g/mol. The summed E-state index contributed by atoms with van der Waals surface area (Å²) < 4.78 is 0. The van der Waals surface area contributed by atoms with E-state index in [1.807, 2.05) is 6.92 Å². The van der Waals surface area contributed by atoms with E-state index < -0.39 is 34.8 Å². The number of carboxylic acids is 2. The van der Waals surface area contributed by atoms with E-state index >= 15 is 0 Å². The van der Waals surface area contributed by atoms with Crippen molar-refractivity contribution in [2.45, 2.75) is 92.6 Å². The van der Waals surface area contributed by atoms with Crippen LogP contribution >= 0.6 is 0 Å².